The number of hydrogen-bond acceptors (Lipinski definition) is 6. The number of carbonyl (C=O) groups is 2. The highest BCUT2D eigenvalue weighted by Crippen LogP contribution is 2.47. The number of nitrogens with one attached hydrogen (secondary N) is 2. The van der Waals surface area contributed by atoms with Gasteiger partial charge in [0.2, 0.25) is 5.90 Å². The van der Waals surface area contributed by atoms with Crippen LogP contribution in [0.1, 0.15) is 75.6 Å². The Bertz CT molecular complexity index is 1370. The van der Waals surface area contributed by atoms with Gasteiger partial charge in [0.1, 0.15) is 17.6 Å². The number of benzene rings is 1. The molecular weight excluding hydrogens is 560 g/mol. The molecule has 2 unspecified atom stereocenters. The molecule has 2 aromatic rings. The van der Waals surface area contributed by atoms with Crippen molar-refractivity contribution in [1.82, 2.24) is 4.98 Å². The predicted octanol–water partition coefficient (Wildman–Crippen LogP) is 6.38. The summed E-state index contributed by atoms with van der Waals surface area (Å²) < 4.78 is 7.07. The van der Waals surface area contributed by atoms with Crippen molar-refractivity contribution < 1.29 is 19.4 Å². The number of carbonyl (C=O) groups excluding carboxylic acids is 1. The van der Waals surface area contributed by atoms with Gasteiger partial charge < -0.3 is 15.2 Å². The summed E-state index contributed by atoms with van der Waals surface area (Å²) >= 11 is 3.63. The van der Waals surface area contributed by atoms with E-state index in [4.69, 9.17) is 15.1 Å². The van der Waals surface area contributed by atoms with Gasteiger partial charge in [-0.25, -0.2) is 4.98 Å². The van der Waals surface area contributed by atoms with Gasteiger partial charge in [-0.2, -0.15) is 0 Å². The largest absolute Gasteiger partial charge is 0.481 e. The third-order valence-electron chi connectivity index (χ3n) is 7.65. The minimum atomic E-state index is -0.797. The number of nitrogens with zero attached hydrogens (tertiary/aromatic N) is 2. The summed E-state index contributed by atoms with van der Waals surface area (Å²) in [4.78, 5) is 31.4. The summed E-state index contributed by atoms with van der Waals surface area (Å²) in [6, 6.07) is 7.58. The highest BCUT2D eigenvalue weighted by Gasteiger charge is 2.42. The minimum Gasteiger partial charge on any atom is -0.481 e. The Morgan fingerprint density at radius 3 is 2.54 bits per heavy atom. The van der Waals surface area contributed by atoms with Crippen LogP contribution in [0.15, 0.2) is 28.7 Å². The molecule has 2 saturated carbocycles. The molecule has 1 heterocycles. The van der Waals surface area contributed by atoms with Crippen molar-refractivity contribution in [1.29, 1.82) is 5.41 Å². The smallest absolute Gasteiger partial charge is 0.308 e. The van der Waals surface area contributed by atoms with Gasteiger partial charge in [0.15, 0.2) is 0 Å². The standard InChI is InChI=1S/C30H35BrN4O4/c1-6-7-26(36)35(24-14-17(2)22(31)15-20(24)18-8-9-18)25-13-12-23(33-5)27(34-25)28(32)39-19-10-11-21(29(37)38)30(3,4)16-19/h12-15,18-19,21,32-33H,8-11,16H2,1-5H3,(H,37,38). The number of pyridine rings is 1. The molecule has 0 saturated heterocycles. The summed E-state index contributed by atoms with van der Waals surface area (Å²) in [6.07, 6.45) is 3.34. The van der Waals surface area contributed by atoms with E-state index in [2.05, 4.69) is 39.2 Å². The van der Waals surface area contributed by atoms with E-state index in [1.54, 1.807) is 26.1 Å². The maximum Gasteiger partial charge on any atom is 0.308 e. The molecule has 9 heteroatoms. The van der Waals surface area contributed by atoms with E-state index in [0.29, 0.717) is 36.7 Å². The third-order valence-corrected chi connectivity index (χ3v) is 8.51. The van der Waals surface area contributed by atoms with Crippen LogP contribution in [-0.4, -0.2) is 41.0 Å². The summed E-state index contributed by atoms with van der Waals surface area (Å²) in [5.74, 6) is 4.32. The summed E-state index contributed by atoms with van der Waals surface area (Å²) in [5.41, 5.74) is 3.19. The molecular formula is C30H35BrN4O4. The Hall–Kier alpha value is -3.38. The zero-order valence-electron chi connectivity index (χ0n) is 23.0. The van der Waals surface area contributed by atoms with Crippen molar-refractivity contribution in [3.05, 3.63) is 45.6 Å². The van der Waals surface area contributed by atoms with Crippen molar-refractivity contribution in [2.24, 2.45) is 11.3 Å². The lowest BCUT2D eigenvalue weighted by molar-refractivity contribution is -0.149. The van der Waals surface area contributed by atoms with E-state index in [-0.39, 0.29) is 17.7 Å². The van der Waals surface area contributed by atoms with Crippen molar-refractivity contribution >= 4 is 50.9 Å². The first-order chi connectivity index (χ1) is 18.5. The Balaban J connectivity index is 1.71. The van der Waals surface area contributed by atoms with Crippen molar-refractivity contribution in [3.63, 3.8) is 0 Å². The molecule has 2 fully saturated rings. The number of aromatic nitrogens is 1. The van der Waals surface area contributed by atoms with Gasteiger partial charge in [-0.15, -0.1) is 0 Å². The number of aliphatic carboxylic acids is 1. The average molecular weight is 596 g/mol. The second-order valence-corrected chi connectivity index (χ2v) is 11.8. The number of hydrogen-bond donors (Lipinski definition) is 3. The molecule has 8 nitrogen and oxygen atoms in total. The monoisotopic (exact) mass is 594 g/mol. The van der Waals surface area contributed by atoms with Crippen LogP contribution in [0.3, 0.4) is 0 Å². The molecule has 0 aliphatic heterocycles. The highest BCUT2D eigenvalue weighted by atomic mass is 79.9. The molecule has 1 aromatic carbocycles. The van der Waals surface area contributed by atoms with Gasteiger partial charge in [-0.3, -0.25) is 19.9 Å². The third kappa shape index (κ3) is 6.11. The fourth-order valence-electron chi connectivity index (χ4n) is 5.40. The van der Waals surface area contributed by atoms with Gasteiger partial charge in [-0.1, -0.05) is 35.7 Å². The Morgan fingerprint density at radius 2 is 1.95 bits per heavy atom. The molecule has 2 atom stereocenters. The lowest BCUT2D eigenvalue weighted by Gasteiger charge is -2.40. The molecule has 4 rings (SSSR count). The highest BCUT2D eigenvalue weighted by molar-refractivity contribution is 9.10. The first-order valence-corrected chi connectivity index (χ1v) is 14.0. The number of amides is 1. The zero-order valence-corrected chi connectivity index (χ0v) is 24.6. The van der Waals surface area contributed by atoms with Gasteiger partial charge >= 0.3 is 11.9 Å². The number of anilines is 3. The maximum atomic E-state index is 13.4. The van der Waals surface area contributed by atoms with E-state index in [0.717, 1.165) is 34.1 Å². The van der Waals surface area contributed by atoms with Gasteiger partial charge in [0.05, 0.1) is 17.3 Å². The lowest BCUT2D eigenvalue weighted by atomic mass is 9.68. The topological polar surface area (TPSA) is 116 Å². The molecule has 39 heavy (non-hydrogen) atoms. The first-order valence-electron chi connectivity index (χ1n) is 13.2. The number of ether oxygens (including phenoxy) is 1. The molecule has 1 aromatic heterocycles. The minimum absolute atomic E-state index is 0.126. The summed E-state index contributed by atoms with van der Waals surface area (Å²) in [6.45, 7) is 7.46. The molecule has 1 amide bonds. The van der Waals surface area contributed by atoms with Crippen LogP contribution in [0.4, 0.5) is 17.2 Å². The number of carboxylic acid groups (broad SMARTS) is 1. The Morgan fingerprint density at radius 1 is 1.23 bits per heavy atom. The van der Waals surface area contributed by atoms with Crippen LogP contribution in [0, 0.1) is 35.5 Å². The number of halogens is 1. The second kappa shape index (κ2) is 11.4. The maximum absolute atomic E-state index is 13.4. The molecule has 0 bridgehead atoms. The van der Waals surface area contributed by atoms with E-state index in [9.17, 15) is 14.7 Å². The number of carboxylic acids is 1. The zero-order chi connectivity index (χ0) is 28.5. The van der Waals surface area contributed by atoms with E-state index in [1.807, 2.05) is 26.8 Å². The molecule has 2 aliphatic rings. The number of aryl methyl sites for hydroxylation is 1. The Kier molecular flexibility index (Phi) is 8.36. The van der Waals surface area contributed by atoms with Crippen molar-refractivity contribution in [2.45, 2.75) is 71.8 Å². The molecule has 0 radical (unpaired) electrons. The fourth-order valence-corrected chi connectivity index (χ4v) is 5.76. The molecule has 2 aliphatic carbocycles. The van der Waals surface area contributed by atoms with Crippen LogP contribution < -0.4 is 10.2 Å². The van der Waals surface area contributed by atoms with E-state index < -0.39 is 23.2 Å². The second-order valence-electron chi connectivity index (χ2n) is 11.0. The van der Waals surface area contributed by atoms with E-state index in [1.165, 1.54) is 4.90 Å². The lowest BCUT2D eigenvalue weighted by Crippen LogP contribution is -2.40. The quantitative estimate of drug-likeness (QED) is 0.194. The van der Waals surface area contributed by atoms with Crippen molar-refractivity contribution in [3.8, 4) is 11.8 Å². The average Bonchev–Trinajstić information content (AvgIpc) is 3.71. The van der Waals surface area contributed by atoms with E-state index >= 15 is 0 Å². The van der Waals surface area contributed by atoms with Crippen LogP contribution in [0.5, 0.6) is 0 Å². The summed E-state index contributed by atoms with van der Waals surface area (Å²) in [7, 11) is 1.74. The molecule has 206 valence electrons. The Labute approximate surface area is 238 Å². The van der Waals surface area contributed by atoms with Crippen LogP contribution in [0.2, 0.25) is 0 Å². The SMILES string of the molecule is CC#CC(=O)N(c1ccc(NC)c(C(=N)OC2CCC(C(=O)O)C(C)(C)C2)n1)c1cc(C)c(Br)cc1C1CC1. The predicted molar refractivity (Wildman–Crippen MR) is 156 cm³/mol. The molecule has 0 spiro atoms. The van der Waals surface area contributed by atoms with Crippen molar-refractivity contribution in [2.75, 3.05) is 17.3 Å². The number of rotatable bonds is 7. The van der Waals surface area contributed by atoms with Gasteiger partial charge in [0.25, 0.3) is 0 Å². The fraction of sp³-hybridized carbons (Fsp3) is 0.467. The summed E-state index contributed by atoms with van der Waals surface area (Å²) in [5, 5.41) is 21.5. The van der Waals surface area contributed by atoms with Crippen LogP contribution >= 0.6 is 15.9 Å². The van der Waals surface area contributed by atoms with Crippen LogP contribution in [0.25, 0.3) is 0 Å². The van der Waals surface area contributed by atoms with Gasteiger partial charge in [-0.05, 0) is 98.6 Å². The first kappa shape index (κ1) is 28.6. The normalized spacial score (nSPS) is 19.8. The van der Waals surface area contributed by atoms with Gasteiger partial charge in [0, 0.05) is 11.5 Å². The molecule has 3 N–H and O–H groups in total. The van der Waals surface area contributed by atoms with Crippen LogP contribution in [-0.2, 0) is 14.3 Å².